The molecular weight excluding hydrogens is 278 g/mol. The minimum Gasteiger partial charge on any atom is -0.478 e. The lowest BCUT2D eigenvalue weighted by Gasteiger charge is -2.36. The minimum absolute atomic E-state index is 0.0269. The fourth-order valence-corrected chi connectivity index (χ4v) is 2.10. The summed E-state index contributed by atoms with van der Waals surface area (Å²) >= 11 is 0. The second kappa shape index (κ2) is 5.72. The second-order valence-corrected chi connectivity index (χ2v) is 5.77. The van der Waals surface area contributed by atoms with E-state index >= 15 is 0 Å². The SMILES string of the molecule is CC(C)(C)OC(=O)N1CCOCC1c1[nH]ncc1C(=O)O. The maximum Gasteiger partial charge on any atom is 0.411 e. The van der Waals surface area contributed by atoms with Crippen molar-refractivity contribution < 1.29 is 24.2 Å². The average Bonchev–Trinajstić information content (AvgIpc) is 2.85. The topological polar surface area (TPSA) is 105 Å². The number of hydrogen-bond donors (Lipinski definition) is 2. The molecule has 1 aliphatic rings. The van der Waals surface area contributed by atoms with E-state index in [0.717, 1.165) is 0 Å². The molecule has 116 valence electrons. The summed E-state index contributed by atoms with van der Waals surface area (Å²) in [5, 5.41) is 15.6. The summed E-state index contributed by atoms with van der Waals surface area (Å²) in [4.78, 5) is 24.9. The Hall–Kier alpha value is -2.09. The van der Waals surface area contributed by atoms with Gasteiger partial charge < -0.3 is 14.6 Å². The van der Waals surface area contributed by atoms with Crippen molar-refractivity contribution in [3.63, 3.8) is 0 Å². The van der Waals surface area contributed by atoms with Crippen LogP contribution in [0.2, 0.25) is 0 Å². The zero-order valence-corrected chi connectivity index (χ0v) is 12.3. The quantitative estimate of drug-likeness (QED) is 0.855. The zero-order valence-electron chi connectivity index (χ0n) is 12.3. The second-order valence-electron chi connectivity index (χ2n) is 5.77. The first-order valence-electron chi connectivity index (χ1n) is 6.63. The normalized spacial score (nSPS) is 19.4. The van der Waals surface area contributed by atoms with Crippen molar-refractivity contribution in [3.8, 4) is 0 Å². The molecule has 0 aromatic carbocycles. The fraction of sp³-hybridized carbons (Fsp3) is 0.615. The van der Waals surface area contributed by atoms with Crippen molar-refractivity contribution in [2.75, 3.05) is 19.8 Å². The third kappa shape index (κ3) is 3.52. The van der Waals surface area contributed by atoms with Gasteiger partial charge in [0.25, 0.3) is 0 Å². The van der Waals surface area contributed by atoms with Crippen LogP contribution in [-0.2, 0) is 9.47 Å². The molecule has 1 fully saturated rings. The highest BCUT2D eigenvalue weighted by atomic mass is 16.6. The van der Waals surface area contributed by atoms with Crippen LogP contribution in [-0.4, -0.2) is 57.6 Å². The summed E-state index contributed by atoms with van der Waals surface area (Å²) in [6.45, 7) is 6.24. The highest BCUT2D eigenvalue weighted by molar-refractivity contribution is 5.89. The maximum absolute atomic E-state index is 12.3. The number of nitrogens with zero attached hydrogens (tertiary/aromatic N) is 2. The number of nitrogens with one attached hydrogen (secondary N) is 1. The van der Waals surface area contributed by atoms with Gasteiger partial charge in [-0.15, -0.1) is 0 Å². The molecule has 1 aliphatic heterocycles. The van der Waals surface area contributed by atoms with Crippen LogP contribution in [0.15, 0.2) is 6.20 Å². The van der Waals surface area contributed by atoms with Crippen molar-refractivity contribution in [2.24, 2.45) is 0 Å². The highest BCUT2D eigenvalue weighted by Gasteiger charge is 2.35. The number of H-pyrrole nitrogens is 1. The number of carbonyl (C=O) groups is 2. The highest BCUT2D eigenvalue weighted by Crippen LogP contribution is 2.27. The first kappa shape index (κ1) is 15.3. The standard InChI is InChI=1S/C13H19N3O5/c1-13(2,3)21-12(19)16-4-5-20-7-9(16)10-8(11(17)18)6-14-15-10/h6,9H,4-5,7H2,1-3H3,(H,14,15)(H,17,18). The lowest BCUT2D eigenvalue weighted by atomic mass is 10.1. The first-order valence-corrected chi connectivity index (χ1v) is 6.63. The number of amides is 1. The third-order valence-corrected chi connectivity index (χ3v) is 2.99. The largest absolute Gasteiger partial charge is 0.478 e. The molecule has 1 aromatic rings. The van der Waals surface area contributed by atoms with Crippen molar-refractivity contribution >= 4 is 12.1 Å². The molecule has 1 amide bonds. The van der Waals surface area contributed by atoms with Gasteiger partial charge >= 0.3 is 12.1 Å². The van der Waals surface area contributed by atoms with Gasteiger partial charge in [-0.05, 0) is 20.8 Å². The molecule has 1 aromatic heterocycles. The summed E-state index contributed by atoms with van der Waals surface area (Å²) < 4.78 is 10.7. The number of morpholine rings is 1. The average molecular weight is 297 g/mol. The Balaban J connectivity index is 2.25. The van der Waals surface area contributed by atoms with Crippen LogP contribution in [0.5, 0.6) is 0 Å². The number of carboxylic acids is 1. The van der Waals surface area contributed by atoms with E-state index in [1.807, 2.05) is 0 Å². The number of carbonyl (C=O) groups excluding carboxylic acids is 1. The molecule has 0 bridgehead atoms. The number of rotatable bonds is 2. The molecular formula is C13H19N3O5. The van der Waals surface area contributed by atoms with E-state index < -0.39 is 23.7 Å². The van der Waals surface area contributed by atoms with Gasteiger partial charge in [-0.2, -0.15) is 5.10 Å². The summed E-state index contributed by atoms with van der Waals surface area (Å²) in [5.74, 6) is -1.10. The number of aromatic nitrogens is 2. The molecule has 8 nitrogen and oxygen atoms in total. The number of carboxylic acid groups (broad SMARTS) is 1. The Morgan fingerprint density at radius 1 is 1.52 bits per heavy atom. The predicted molar refractivity (Wildman–Crippen MR) is 72.0 cm³/mol. The number of aromatic amines is 1. The summed E-state index contributed by atoms with van der Waals surface area (Å²) in [7, 11) is 0. The Morgan fingerprint density at radius 2 is 2.24 bits per heavy atom. The fourth-order valence-electron chi connectivity index (χ4n) is 2.10. The van der Waals surface area contributed by atoms with Crippen LogP contribution >= 0.6 is 0 Å². The zero-order chi connectivity index (χ0) is 15.6. The van der Waals surface area contributed by atoms with Gasteiger partial charge in [0.15, 0.2) is 0 Å². The lowest BCUT2D eigenvalue weighted by Crippen LogP contribution is -2.46. The molecule has 21 heavy (non-hydrogen) atoms. The maximum atomic E-state index is 12.3. The van der Waals surface area contributed by atoms with Crippen molar-refractivity contribution in [1.82, 2.24) is 15.1 Å². The molecule has 1 atom stereocenters. The summed E-state index contributed by atoms with van der Waals surface area (Å²) in [6, 6.07) is -0.554. The van der Waals surface area contributed by atoms with Crippen LogP contribution in [0, 0.1) is 0 Å². The smallest absolute Gasteiger partial charge is 0.411 e. The van der Waals surface area contributed by atoms with E-state index in [4.69, 9.17) is 14.6 Å². The van der Waals surface area contributed by atoms with Crippen LogP contribution in [0.1, 0.15) is 42.9 Å². The van der Waals surface area contributed by atoms with Gasteiger partial charge in [-0.3, -0.25) is 10.00 Å². The Bertz CT molecular complexity index is 534. The van der Waals surface area contributed by atoms with E-state index in [-0.39, 0.29) is 12.2 Å². The van der Waals surface area contributed by atoms with Gasteiger partial charge in [-0.25, -0.2) is 9.59 Å². The van der Waals surface area contributed by atoms with E-state index in [2.05, 4.69) is 10.2 Å². The minimum atomic E-state index is -1.10. The Kier molecular flexibility index (Phi) is 4.17. The van der Waals surface area contributed by atoms with Crippen molar-refractivity contribution in [1.29, 1.82) is 0 Å². The lowest BCUT2D eigenvalue weighted by molar-refractivity contribution is -0.0343. The van der Waals surface area contributed by atoms with Crippen LogP contribution < -0.4 is 0 Å². The van der Waals surface area contributed by atoms with Crippen LogP contribution in [0.25, 0.3) is 0 Å². The molecule has 0 aliphatic carbocycles. The van der Waals surface area contributed by atoms with E-state index in [1.54, 1.807) is 20.8 Å². The van der Waals surface area contributed by atoms with E-state index in [0.29, 0.717) is 18.8 Å². The van der Waals surface area contributed by atoms with E-state index in [9.17, 15) is 9.59 Å². The Labute approximate surface area is 122 Å². The molecule has 1 unspecified atom stereocenters. The van der Waals surface area contributed by atoms with Crippen LogP contribution in [0.3, 0.4) is 0 Å². The van der Waals surface area contributed by atoms with Crippen molar-refractivity contribution in [2.45, 2.75) is 32.4 Å². The monoisotopic (exact) mass is 297 g/mol. The molecule has 0 saturated carbocycles. The number of ether oxygens (including phenoxy) is 2. The molecule has 0 radical (unpaired) electrons. The van der Waals surface area contributed by atoms with Gasteiger partial charge in [0.05, 0.1) is 25.1 Å². The van der Waals surface area contributed by atoms with Gasteiger partial charge in [0.2, 0.25) is 0 Å². The van der Waals surface area contributed by atoms with Gasteiger partial charge in [0.1, 0.15) is 17.2 Å². The number of aromatic carboxylic acids is 1. The molecule has 1 saturated heterocycles. The van der Waals surface area contributed by atoms with E-state index in [1.165, 1.54) is 11.1 Å². The number of hydrogen-bond acceptors (Lipinski definition) is 5. The molecule has 2 rings (SSSR count). The molecule has 8 heteroatoms. The Morgan fingerprint density at radius 3 is 2.86 bits per heavy atom. The summed E-state index contributed by atoms with van der Waals surface area (Å²) in [6.07, 6.45) is 0.723. The molecule has 2 N–H and O–H groups in total. The first-order chi connectivity index (χ1) is 9.79. The van der Waals surface area contributed by atoms with Crippen molar-refractivity contribution in [3.05, 3.63) is 17.5 Å². The van der Waals surface area contributed by atoms with Gasteiger partial charge in [-0.1, -0.05) is 0 Å². The van der Waals surface area contributed by atoms with Crippen LogP contribution in [0.4, 0.5) is 4.79 Å². The third-order valence-electron chi connectivity index (χ3n) is 2.99. The van der Waals surface area contributed by atoms with Gasteiger partial charge in [0, 0.05) is 6.54 Å². The predicted octanol–water partition coefficient (Wildman–Crippen LogP) is 1.42. The molecule has 0 spiro atoms. The summed E-state index contributed by atoms with van der Waals surface area (Å²) in [5.41, 5.74) is -0.254. The molecule has 2 heterocycles.